The number of nitrogens with zero attached hydrogens (tertiary/aromatic N) is 3. The molecule has 0 saturated carbocycles. The number of fused-ring (bicyclic) bond motifs is 1. The van der Waals surface area contributed by atoms with Gasteiger partial charge >= 0.3 is 0 Å². The van der Waals surface area contributed by atoms with Crippen molar-refractivity contribution in [3.05, 3.63) is 47.7 Å². The van der Waals surface area contributed by atoms with Gasteiger partial charge in [0, 0.05) is 23.7 Å². The smallest absolute Gasteiger partial charge is 0.252 e. The molecule has 0 aliphatic carbocycles. The summed E-state index contributed by atoms with van der Waals surface area (Å²) in [5.74, 6) is -0.0466. The van der Waals surface area contributed by atoms with Crippen LogP contribution < -0.4 is 10.6 Å². The summed E-state index contributed by atoms with van der Waals surface area (Å²) in [4.78, 5) is 18.2. The topological polar surface area (TPSA) is 71.8 Å². The van der Waals surface area contributed by atoms with Crippen molar-refractivity contribution in [2.45, 2.75) is 58.7 Å². The molecule has 1 fully saturated rings. The molecule has 1 aromatic carbocycles. The molecular formula is C23H29N5O. The maximum Gasteiger partial charge on any atom is 0.252 e. The number of rotatable bonds is 4. The first-order valence-corrected chi connectivity index (χ1v) is 10.4. The molecule has 2 unspecified atom stereocenters. The summed E-state index contributed by atoms with van der Waals surface area (Å²) in [7, 11) is 0. The molecule has 6 nitrogen and oxygen atoms in total. The Kier molecular flexibility index (Phi) is 5.37. The largest absolute Gasteiger partial charge is 0.349 e. The number of aromatic nitrogens is 3. The van der Waals surface area contributed by atoms with Crippen LogP contribution in [0.25, 0.3) is 22.3 Å². The van der Waals surface area contributed by atoms with E-state index in [-0.39, 0.29) is 18.0 Å². The van der Waals surface area contributed by atoms with Gasteiger partial charge in [0.1, 0.15) is 0 Å². The van der Waals surface area contributed by atoms with E-state index in [1.54, 1.807) is 6.20 Å². The normalized spacial score (nSPS) is 19.6. The van der Waals surface area contributed by atoms with Crippen molar-refractivity contribution in [3.8, 4) is 11.3 Å². The van der Waals surface area contributed by atoms with Crippen molar-refractivity contribution in [2.75, 3.05) is 6.54 Å². The van der Waals surface area contributed by atoms with Crippen LogP contribution in [-0.4, -0.2) is 39.3 Å². The summed E-state index contributed by atoms with van der Waals surface area (Å²) < 4.78 is 1.89. The second-order valence-electron chi connectivity index (χ2n) is 8.34. The highest BCUT2D eigenvalue weighted by atomic mass is 16.1. The third-order valence-electron chi connectivity index (χ3n) is 5.68. The van der Waals surface area contributed by atoms with Crippen molar-refractivity contribution < 1.29 is 4.79 Å². The molecule has 2 atom stereocenters. The van der Waals surface area contributed by atoms with E-state index in [2.05, 4.69) is 55.6 Å². The van der Waals surface area contributed by atoms with Crippen LogP contribution in [0.5, 0.6) is 0 Å². The third-order valence-corrected chi connectivity index (χ3v) is 5.68. The second kappa shape index (κ2) is 7.95. The summed E-state index contributed by atoms with van der Waals surface area (Å²) >= 11 is 0. The summed E-state index contributed by atoms with van der Waals surface area (Å²) in [5, 5.41) is 12.0. The predicted molar refractivity (Wildman–Crippen MR) is 116 cm³/mol. The molecule has 6 heteroatoms. The van der Waals surface area contributed by atoms with Crippen molar-refractivity contribution >= 4 is 16.9 Å². The van der Waals surface area contributed by atoms with Gasteiger partial charge in [-0.25, -0.2) is 9.67 Å². The minimum atomic E-state index is -0.0466. The van der Waals surface area contributed by atoms with Gasteiger partial charge in [0.15, 0.2) is 5.65 Å². The van der Waals surface area contributed by atoms with E-state index < -0.39 is 0 Å². The van der Waals surface area contributed by atoms with Crippen LogP contribution in [0.3, 0.4) is 0 Å². The molecule has 0 radical (unpaired) electrons. The second-order valence-corrected chi connectivity index (χ2v) is 8.34. The maximum absolute atomic E-state index is 13.3. The van der Waals surface area contributed by atoms with Crippen LogP contribution in [0.2, 0.25) is 0 Å². The lowest BCUT2D eigenvalue weighted by Gasteiger charge is -2.28. The van der Waals surface area contributed by atoms with Gasteiger partial charge in [0.25, 0.3) is 5.91 Å². The first-order chi connectivity index (χ1) is 13.9. The van der Waals surface area contributed by atoms with E-state index in [1.807, 2.05) is 22.9 Å². The highest BCUT2D eigenvalue weighted by Gasteiger charge is 2.23. The van der Waals surface area contributed by atoms with Crippen LogP contribution in [0.1, 0.15) is 55.6 Å². The van der Waals surface area contributed by atoms with Gasteiger partial charge in [-0.2, -0.15) is 5.10 Å². The molecule has 1 aliphatic rings. The van der Waals surface area contributed by atoms with E-state index in [0.717, 1.165) is 47.2 Å². The zero-order valence-electron chi connectivity index (χ0n) is 17.6. The maximum atomic E-state index is 13.3. The Balaban J connectivity index is 1.79. The van der Waals surface area contributed by atoms with Gasteiger partial charge in [0.05, 0.1) is 22.8 Å². The molecule has 3 aromatic rings. The van der Waals surface area contributed by atoms with Gasteiger partial charge in [-0.1, -0.05) is 24.3 Å². The molecular weight excluding hydrogens is 362 g/mol. The summed E-state index contributed by atoms with van der Waals surface area (Å²) in [6.45, 7) is 9.30. The van der Waals surface area contributed by atoms with Crippen LogP contribution in [0, 0.1) is 6.92 Å². The van der Waals surface area contributed by atoms with Crippen molar-refractivity contribution in [1.29, 1.82) is 0 Å². The Morgan fingerprint density at radius 3 is 2.83 bits per heavy atom. The average Bonchev–Trinajstić information content (AvgIpc) is 3.12. The minimum absolute atomic E-state index is 0.0466. The zero-order chi connectivity index (χ0) is 20.5. The highest BCUT2D eigenvalue weighted by molar-refractivity contribution is 6.06. The quantitative estimate of drug-likeness (QED) is 0.708. The summed E-state index contributed by atoms with van der Waals surface area (Å²) in [5.41, 5.74) is 4.38. The van der Waals surface area contributed by atoms with Gasteiger partial charge in [-0.3, -0.25) is 4.79 Å². The summed E-state index contributed by atoms with van der Waals surface area (Å²) in [6.07, 6.45) is 3.65. The number of hydrogen-bond acceptors (Lipinski definition) is 4. The Labute approximate surface area is 171 Å². The number of pyridine rings is 1. The SMILES string of the molecule is Cc1ccccc1-c1cc(C(=O)NC2CCNC(C)C2)c2cnn(C(C)C)c2n1. The molecule has 1 aliphatic heterocycles. The number of benzene rings is 1. The number of carbonyl (C=O) groups excluding carboxylic acids is 1. The Hall–Kier alpha value is -2.73. The number of nitrogens with one attached hydrogen (secondary N) is 2. The monoisotopic (exact) mass is 391 g/mol. The molecule has 1 saturated heterocycles. The van der Waals surface area contributed by atoms with Crippen LogP contribution in [-0.2, 0) is 0 Å². The Morgan fingerprint density at radius 1 is 1.31 bits per heavy atom. The first-order valence-electron chi connectivity index (χ1n) is 10.4. The number of amides is 1. The Morgan fingerprint density at radius 2 is 2.10 bits per heavy atom. The lowest BCUT2D eigenvalue weighted by molar-refractivity contribution is 0.0927. The average molecular weight is 392 g/mol. The minimum Gasteiger partial charge on any atom is -0.349 e. The van der Waals surface area contributed by atoms with Gasteiger partial charge in [0.2, 0.25) is 0 Å². The number of carbonyl (C=O) groups is 1. The molecule has 2 N–H and O–H groups in total. The van der Waals surface area contributed by atoms with E-state index in [4.69, 9.17) is 4.98 Å². The predicted octanol–water partition coefficient (Wildman–Crippen LogP) is 3.86. The highest BCUT2D eigenvalue weighted by Crippen LogP contribution is 2.28. The molecule has 0 bridgehead atoms. The fraction of sp³-hybridized carbons (Fsp3) is 0.435. The third kappa shape index (κ3) is 3.90. The molecule has 4 rings (SSSR count). The molecule has 2 aromatic heterocycles. The fourth-order valence-electron chi connectivity index (χ4n) is 4.11. The number of piperidine rings is 1. The lowest BCUT2D eigenvalue weighted by Crippen LogP contribution is -2.46. The van der Waals surface area contributed by atoms with Crippen molar-refractivity contribution in [2.24, 2.45) is 0 Å². The van der Waals surface area contributed by atoms with Gasteiger partial charge < -0.3 is 10.6 Å². The van der Waals surface area contributed by atoms with Gasteiger partial charge in [-0.05, 0) is 58.7 Å². The fourth-order valence-corrected chi connectivity index (χ4v) is 4.11. The molecule has 0 spiro atoms. The van der Waals surface area contributed by atoms with Crippen LogP contribution in [0.4, 0.5) is 0 Å². The first kappa shape index (κ1) is 19.6. The number of aryl methyl sites for hydroxylation is 1. The van der Waals surface area contributed by atoms with Crippen molar-refractivity contribution in [1.82, 2.24) is 25.4 Å². The summed E-state index contributed by atoms with van der Waals surface area (Å²) in [6, 6.07) is 10.8. The molecule has 29 heavy (non-hydrogen) atoms. The molecule has 1 amide bonds. The van der Waals surface area contributed by atoms with E-state index in [0.29, 0.717) is 11.6 Å². The molecule has 3 heterocycles. The standard InChI is InChI=1S/C23H29N5O/c1-14(2)28-22-20(13-25-28)19(23(29)26-17-9-10-24-16(4)11-17)12-21(27-22)18-8-6-5-7-15(18)3/h5-8,12-14,16-17,24H,9-11H2,1-4H3,(H,26,29). The zero-order valence-corrected chi connectivity index (χ0v) is 17.6. The van der Waals surface area contributed by atoms with E-state index in [1.165, 1.54) is 0 Å². The van der Waals surface area contributed by atoms with Crippen molar-refractivity contribution in [3.63, 3.8) is 0 Å². The van der Waals surface area contributed by atoms with Crippen LogP contribution in [0.15, 0.2) is 36.5 Å². The lowest BCUT2D eigenvalue weighted by atomic mass is 9.99. The van der Waals surface area contributed by atoms with Gasteiger partial charge in [-0.15, -0.1) is 0 Å². The van der Waals surface area contributed by atoms with E-state index in [9.17, 15) is 4.79 Å². The van der Waals surface area contributed by atoms with Crippen LogP contribution >= 0.6 is 0 Å². The Bertz CT molecular complexity index is 1040. The van der Waals surface area contributed by atoms with E-state index >= 15 is 0 Å². The number of hydrogen-bond donors (Lipinski definition) is 2. The molecule has 152 valence electrons.